The fourth-order valence-electron chi connectivity index (χ4n) is 2.09. The Bertz CT molecular complexity index is 873. The Kier molecular flexibility index (Phi) is 5.41. The molecule has 1 N–H and O–H groups in total. The summed E-state index contributed by atoms with van der Waals surface area (Å²) in [5, 5.41) is 4.13. The molecule has 1 atom stereocenters. The van der Waals surface area contributed by atoms with Gasteiger partial charge in [-0.2, -0.15) is 0 Å². The summed E-state index contributed by atoms with van der Waals surface area (Å²) in [7, 11) is 0. The molecule has 0 saturated carbocycles. The predicted octanol–water partition coefficient (Wildman–Crippen LogP) is 2.66. The van der Waals surface area contributed by atoms with E-state index >= 15 is 0 Å². The van der Waals surface area contributed by atoms with E-state index in [0.717, 1.165) is 0 Å². The number of carbonyl (C=O) groups is 2. The molecular weight excluding hydrogens is 358 g/mol. The number of nitrogens with one attached hydrogen (secondary N) is 1. The summed E-state index contributed by atoms with van der Waals surface area (Å²) < 4.78 is 11.9. The third-order valence-corrected chi connectivity index (χ3v) is 3.75. The number of alkyl carbamates (subject to hydrolysis) is 1. The maximum Gasteiger partial charge on any atom is 0.408 e. The number of carbonyl (C=O) groups excluding carboxylic acids is 2. The van der Waals surface area contributed by atoms with Crippen LogP contribution >= 0.6 is 11.3 Å². The van der Waals surface area contributed by atoms with Crippen LogP contribution in [0.1, 0.15) is 53.1 Å². The fourth-order valence-corrected chi connectivity index (χ4v) is 2.76. The molecule has 2 heterocycles. The average Bonchev–Trinajstić information content (AvgIpc) is 2.91. The van der Waals surface area contributed by atoms with Crippen molar-refractivity contribution in [1.82, 2.24) is 14.7 Å². The topological polar surface area (TPSA) is 99.0 Å². The lowest BCUT2D eigenvalue weighted by molar-refractivity contribution is -0.157. The molecule has 0 spiro atoms. The quantitative estimate of drug-likeness (QED) is 0.821. The largest absolute Gasteiger partial charge is 0.458 e. The van der Waals surface area contributed by atoms with Crippen molar-refractivity contribution in [3.05, 3.63) is 33.7 Å². The van der Waals surface area contributed by atoms with Crippen molar-refractivity contribution in [3.63, 3.8) is 0 Å². The zero-order valence-corrected chi connectivity index (χ0v) is 16.5. The van der Waals surface area contributed by atoms with Crippen LogP contribution in [0.15, 0.2) is 22.6 Å². The first-order valence-corrected chi connectivity index (χ1v) is 8.92. The standard InChI is InChI=1S/C17H23N3O5S/c1-16(2,3)24-13(22)11(19-15(23)25-17(4,5)6)10-9-18-14-20(12(10)21)7-8-26-14/h7-9,11H,1-6H3,(H,19,23). The molecular formula is C17H23N3O5S. The molecule has 0 fully saturated rings. The number of ether oxygens (including phenoxy) is 2. The second-order valence-electron chi connectivity index (χ2n) is 7.69. The van der Waals surface area contributed by atoms with Gasteiger partial charge in [-0.3, -0.25) is 9.20 Å². The number of hydrogen-bond acceptors (Lipinski definition) is 7. The van der Waals surface area contributed by atoms with Crippen LogP contribution in [-0.2, 0) is 14.3 Å². The number of nitrogens with zero attached hydrogens (tertiary/aromatic N) is 2. The number of fused-ring (bicyclic) bond motifs is 1. The van der Waals surface area contributed by atoms with E-state index in [-0.39, 0.29) is 5.56 Å². The van der Waals surface area contributed by atoms with Crippen molar-refractivity contribution in [1.29, 1.82) is 0 Å². The van der Waals surface area contributed by atoms with Crippen LogP contribution in [0.5, 0.6) is 0 Å². The van der Waals surface area contributed by atoms with Gasteiger partial charge in [0, 0.05) is 17.8 Å². The Morgan fingerprint density at radius 2 is 1.77 bits per heavy atom. The zero-order valence-electron chi connectivity index (χ0n) is 15.7. The van der Waals surface area contributed by atoms with E-state index in [1.807, 2.05) is 0 Å². The highest BCUT2D eigenvalue weighted by Gasteiger charge is 2.32. The number of aromatic nitrogens is 2. The molecule has 0 aliphatic heterocycles. The van der Waals surface area contributed by atoms with Gasteiger partial charge in [-0.1, -0.05) is 0 Å². The van der Waals surface area contributed by atoms with E-state index in [2.05, 4.69) is 10.3 Å². The van der Waals surface area contributed by atoms with E-state index in [4.69, 9.17) is 9.47 Å². The summed E-state index contributed by atoms with van der Waals surface area (Å²) >= 11 is 1.29. The first-order valence-electron chi connectivity index (χ1n) is 8.04. The van der Waals surface area contributed by atoms with E-state index < -0.39 is 34.9 Å². The first-order chi connectivity index (χ1) is 11.9. The van der Waals surface area contributed by atoms with Crippen LogP contribution < -0.4 is 10.9 Å². The van der Waals surface area contributed by atoms with E-state index in [1.165, 1.54) is 21.9 Å². The highest BCUT2D eigenvalue weighted by Crippen LogP contribution is 2.18. The van der Waals surface area contributed by atoms with Crippen LogP contribution in [0.2, 0.25) is 0 Å². The number of hydrogen-bond donors (Lipinski definition) is 1. The van der Waals surface area contributed by atoms with Gasteiger partial charge in [0.15, 0.2) is 11.0 Å². The molecule has 0 aromatic carbocycles. The fraction of sp³-hybridized carbons (Fsp3) is 0.529. The molecule has 8 nitrogen and oxygen atoms in total. The minimum atomic E-state index is -1.33. The van der Waals surface area contributed by atoms with E-state index in [1.54, 1.807) is 53.1 Å². The predicted molar refractivity (Wildman–Crippen MR) is 97.3 cm³/mol. The Balaban J connectivity index is 2.41. The van der Waals surface area contributed by atoms with E-state index in [9.17, 15) is 14.4 Å². The van der Waals surface area contributed by atoms with Crippen molar-refractivity contribution in [2.24, 2.45) is 0 Å². The molecule has 2 rings (SSSR count). The van der Waals surface area contributed by atoms with Gasteiger partial charge < -0.3 is 14.8 Å². The lowest BCUT2D eigenvalue weighted by atomic mass is 10.1. The molecule has 0 radical (unpaired) electrons. The maximum absolute atomic E-state index is 12.7. The number of esters is 1. The van der Waals surface area contributed by atoms with Crippen molar-refractivity contribution in [2.75, 3.05) is 0 Å². The Morgan fingerprint density at radius 1 is 1.15 bits per heavy atom. The van der Waals surface area contributed by atoms with Crippen molar-refractivity contribution >= 4 is 28.4 Å². The molecule has 0 saturated heterocycles. The summed E-state index contributed by atoms with van der Waals surface area (Å²) in [6.07, 6.45) is 2.00. The van der Waals surface area contributed by atoms with Gasteiger partial charge in [-0.15, -0.1) is 11.3 Å². The molecule has 0 aliphatic carbocycles. The van der Waals surface area contributed by atoms with Gasteiger partial charge in [-0.25, -0.2) is 14.6 Å². The smallest absolute Gasteiger partial charge is 0.408 e. The second kappa shape index (κ2) is 7.06. The Hall–Kier alpha value is -2.42. The minimum Gasteiger partial charge on any atom is -0.458 e. The van der Waals surface area contributed by atoms with Crippen LogP contribution in [0, 0.1) is 0 Å². The first kappa shape index (κ1) is 19.9. The van der Waals surface area contributed by atoms with Crippen LogP contribution in [-0.4, -0.2) is 32.6 Å². The molecule has 9 heteroatoms. The summed E-state index contributed by atoms with van der Waals surface area (Å²) in [5.41, 5.74) is -2.00. The summed E-state index contributed by atoms with van der Waals surface area (Å²) in [6.45, 7) is 10.2. The van der Waals surface area contributed by atoms with Gasteiger partial charge in [0.1, 0.15) is 11.2 Å². The number of amides is 1. The number of rotatable bonds is 3. The van der Waals surface area contributed by atoms with Gasteiger partial charge in [0.05, 0.1) is 5.56 Å². The molecule has 0 aliphatic rings. The molecule has 2 aromatic rings. The minimum absolute atomic E-state index is 0.000934. The van der Waals surface area contributed by atoms with Gasteiger partial charge in [-0.05, 0) is 41.5 Å². The summed E-state index contributed by atoms with van der Waals surface area (Å²) in [5.74, 6) is -0.766. The maximum atomic E-state index is 12.7. The van der Waals surface area contributed by atoms with E-state index in [0.29, 0.717) is 4.96 Å². The zero-order chi connectivity index (χ0) is 19.7. The molecule has 26 heavy (non-hydrogen) atoms. The van der Waals surface area contributed by atoms with Gasteiger partial charge in [0.2, 0.25) is 0 Å². The molecule has 142 valence electrons. The summed E-state index contributed by atoms with van der Waals surface area (Å²) in [4.78, 5) is 42.1. The lowest BCUT2D eigenvalue weighted by Gasteiger charge is -2.26. The SMILES string of the molecule is CC(C)(C)OC(=O)NC(C(=O)OC(C)(C)C)c1cnc2sccn2c1=O. The van der Waals surface area contributed by atoms with Crippen molar-refractivity contribution in [2.45, 2.75) is 58.8 Å². The Morgan fingerprint density at radius 3 is 2.35 bits per heavy atom. The normalized spacial score (nSPS) is 13.3. The second-order valence-corrected chi connectivity index (χ2v) is 8.56. The molecule has 0 bridgehead atoms. The number of thiazole rings is 1. The van der Waals surface area contributed by atoms with Gasteiger partial charge in [0.25, 0.3) is 5.56 Å². The average molecular weight is 381 g/mol. The van der Waals surface area contributed by atoms with Gasteiger partial charge >= 0.3 is 12.1 Å². The van der Waals surface area contributed by atoms with Crippen molar-refractivity contribution in [3.8, 4) is 0 Å². The van der Waals surface area contributed by atoms with Crippen molar-refractivity contribution < 1.29 is 19.1 Å². The third-order valence-electron chi connectivity index (χ3n) is 2.98. The van der Waals surface area contributed by atoms with Crippen LogP contribution in [0.3, 0.4) is 0 Å². The van der Waals surface area contributed by atoms with Crippen LogP contribution in [0.4, 0.5) is 4.79 Å². The molecule has 1 unspecified atom stereocenters. The third kappa shape index (κ3) is 5.04. The monoisotopic (exact) mass is 381 g/mol. The summed E-state index contributed by atoms with van der Waals surface area (Å²) in [6, 6.07) is -1.33. The Labute approximate surface area is 155 Å². The van der Waals surface area contributed by atoms with Crippen LogP contribution in [0.25, 0.3) is 4.96 Å². The highest BCUT2D eigenvalue weighted by molar-refractivity contribution is 7.15. The lowest BCUT2D eigenvalue weighted by Crippen LogP contribution is -2.43. The molecule has 1 amide bonds. The molecule has 2 aromatic heterocycles. The highest BCUT2D eigenvalue weighted by atomic mass is 32.1.